The number of phenols is 4. The second-order valence-corrected chi connectivity index (χ2v) is 7.94. The van der Waals surface area contributed by atoms with Gasteiger partial charge in [-0.15, -0.1) is 0 Å². The average Bonchev–Trinajstić information content (AvgIpc) is 2.76. The van der Waals surface area contributed by atoms with Crippen LogP contribution in [0.3, 0.4) is 0 Å². The maximum Gasteiger partial charge on any atom is 0.157 e. The van der Waals surface area contributed by atoms with Gasteiger partial charge in [0.25, 0.3) is 0 Å². The molecule has 11 heteroatoms. The summed E-state index contributed by atoms with van der Waals surface area (Å²) in [6.07, 6.45) is -10.1. The molecule has 2 aliphatic rings. The first-order valence-corrected chi connectivity index (χ1v) is 9.88. The standard InChI is InChI=1S/C21H24O11/c22-6-14-17(28)18(29)19(30)21(32-14)15-11(25)5-13-8(16(15)27)4-12(26)20(31-13)7-1-2-9(23)10(24)3-7/h1-3,5,12,14,17-30H,4,6H2/t12-,14?,17-,18+,19?,20-,21+/m1/s1. The molecule has 174 valence electrons. The molecule has 2 aromatic rings. The minimum atomic E-state index is -1.73. The Labute approximate surface area is 181 Å². The van der Waals surface area contributed by atoms with Crippen LogP contribution in [0.2, 0.25) is 0 Å². The number of hydrogen-bond acceptors (Lipinski definition) is 11. The SMILES string of the molecule is OCC1O[C@@H](c2c(O)cc3c(c2O)C[C@@H](O)[C@@H](c2ccc(O)c(O)c2)O3)C(O)[C@@H](O)[C@@H]1O. The van der Waals surface area contributed by atoms with Gasteiger partial charge in [-0.05, 0) is 17.7 Å². The molecule has 0 bridgehead atoms. The normalized spacial score (nSPS) is 32.2. The first-order chi connectivity index (χ1) is 15.1. The molecule has 0 radical (unpaired) electrons. The van der Waals surface area contributed by atoms with E-state index in [4.69, 9.17) is 9.47 Å². The maximum atomic E-state index is 10.8. The largest absolute Gasteiger partial charge is 0.507 e. The highest BCUT2D eigenvalue weighted by molar-refractivity contribution is 5.59. The molecule has 0 saturated carbocycles. The quantitative estimate of drug-likeness (QED) is 0.260. The first kappa shape index (κ1) is 22.4. The predicted octanol–water partition coefficient (Wildman–Crippen LogP) is -0.939. The van der Waals surface area contributed by atoms with Crippen molar-refractivity contribution >= 4 is 0 Å². The lowest BCUT2D eigenvalue weighted by Gasteiger charge is -2.41. The van der Waals surface area contributed by atoms with E-state index in [0.29, 0.717) is 5.56 Å². The fourth-order valence-electron chi connectivity index (χ4n) is 4.15. The zero-order valence-corrected chi connectivity index (χ0v) is 16.6. The topological polar surface area (TPSA) is 201 Å². The van der Waals surface area contributed by atoms with Crippen LogP contribution in [-0.4, -0.2) is 83.1 Å². The number of phenolic OH excluding ortho intramolecular Hbond substituents is 4. The Balaban J connectivity index is 1.70. The number of ether oxygens (including phenoxy) is 2. The molecule has 0 aromatic heterocycles. The molecule has 2 aromatic carbocycles. The summed E-state index contributed by atoms with van der Waals surface area (Å²) >= 11 is 0. The Morgan fingerprint density at radius 2 is 1.53 bits per heavy atom. The van der Waals surface area contributed by atoms with Crippen molar-refractivity contribution in [3.05, 3.63) is 41.0 Å². The van der Waals surface area contributed by atoms with E-state index < -0.39 is 66.6 Å². The van der Waals surface area contributed by atoms with Gasteiger partial charge in [0.15, 0.2) is 11.5 Å². The minimum Gasteiger partial charge on any atom is -0.507 e. The fraction of sp³-hybridized carbons (Fsp3) is 0.429. The van der Waals surface area contributed by atoms with Crippen molar-refractivity contribution in [2.75, 3.05) is 6.61 Å². The molecule has 9 N–H and O–H groups in total. The molecule has 32 heavy (non-hydrogen) atoms. The zero-order chi connectivity index (χ0) is 23.3. The van der Waals surface area contributed by atoms with Crippen LogP contribution in [0.1, 0.15) is 28.9 Å². The third kappa shape index (κ3) is 3.58. The maximum absolute atomic E-state index is 10.8. The highest BCUT2D eigenvalue weighted by Crippen LogP contribution is 2.49. The van der Waals surface area contributed by atoms with E-state index in [9.17, 15) is 46.0 Å². The van der Waals surface area contributed by atoms with Gasteiger partial charge in [-0.1, -0.05) is 6.07 Å². The van der Waals surface area contributed by atoms with Gasteiger partial charge in [0.2, 0.25) is 0 Å². The van der Waals surface area contributed by atoms with E-state index in [0.717, 1.165) is 6.07 Å². The summed E-state index contributed by atoms with van der Waals surface area (Å²) in [6.45, 7) is -0.684. The lowest BCUT2D eigenvalue weighted by molar-refractivity contribution is -0.232. The van der Waals surface area contributed by atoms with E-state index in [1.165, 1.54) is 18.2 Å². The zero-order valence-electron chi connectivity index (χ0n) is 16.6. The van der Waals surface area contributed by atoms with Crippen LogP contribution in [0.15, 0.2) is 24.3 Å². The molecule has 1 saturated heterocycles. The van der Waals surface area contributed by atoms with E-state index in [1.807, 2.05) is 0 Å². The smallest absolute Gasteiger partial charge is 0.157 e. The first-order valence-electron chi connectivity index (χ1n) is 9.88. The van der Waals surface area contributed by atoms with Gasteiger partial charge in [-0.25, -0.2) is 0 Å². The Kier molecular flexibility index (Phi) is 5.79. The van der Waals surface area contributed by atoms with Crippen LogP contribution in [0, 0.1) is 0 Å². The third-order valence-corrected chi connectivity index (χ3v) is 5.90. The lowest BCUT2D eigenvalue weighted by Crippen LogP contribution is -2.55. The molecule has 1 fully saturated rings. The summed E-state index contributed by atoms with van der Waals surface area (Å²) in [7, 11) is 0. The van der Waals surface area contributed by atoms with E-state index >= 15 is 0 Å². The van der Waals surface area contributed by atoms with Crippen molar-refractivity contribution in [2.45, 2.75) is 49.1 Å². The number of aliphatic hydroxyl groups excluding tert-OH is 5. The van der Waals surface area contributed by atoms with Crippen molar-refractivity contribution in [3.8, 4) is 28.7 Å². The molecule has 2 unspecified atom stereocenters. The summed E-state index contributed by atoms with van der Waals surface area (Å²) in [4.78, 5) is 0. The molecule has 0 spiro atoms. The predicted molar refractivity (Wildman–Crippen MR) is 105 cm³/mol. The molecular weight excluding hydrogens is 428 g/mol. The van der Waals surface area contributed by atoms with E-state index in [1.54, 1.807) is 0 Å². The summed E-state index contributed by atoms with van der Waals surface area (Å²) < 4.78 is 11.2. The summed E-state index contributed by atoms with van der Waals surface area (Å²) in [5.41, 5.74) is 0.147. The van der Waals surface area contributed by atoms with Crippen LogP contribution >= 0.6 is 0 Å². The van der Waals surface area contributed by atoms with Crippen molar-refractivity contribution in [2.24, 2.45) is 0 Å². The van der Waals surface area contributed by atoms with Crippen LogP contribution in [-0.2, 0) is 11.2 Å². The van der Waals surface area contributed by atoms with E-state index in [-0.39, 0.29) is 29.0 Å². The molecule has 7 atom stereocenters. The minimum absolute atomic E-state index is 0.0243. The molecule has 0 aliphatic carbocycles. The van der Waals surface area contributed by atoms with Crippen molar-refractivity contribution in [1.82, 2.24) is 0 Å². The van der Waals surface area contributed by atoms with Gasteiger partial charge in [0.05, 0.1) is 18.3 Å². The average molecular weight is 452 g/mol. The van der Waals surface area contributed by atoms with Gasteiger partial charge in [-0.2, -0.15) is 0 Å². The molecule has 2 heterocycles. The van der Waals surface area contributed by atoms with Gasteiger partial charge >= 0.3 is 0 Å². The lowest BCUT2D eigenvalue weighted by atomic mass is 9.87. The van der Waals surface area contributed by atoms with Gasteiger partial charge in [-0.3, -0.25) is 0 Å². The summed E-state index contributed by atoms with van der Waals surface area (Å²) in [6, 6.07) is 5.03. The summed E-state index contributed by atoms with van der Waals surface area (Å²) in [5.74, 6) is -1.83. The fourth-order valence-corrected chi connectivity index (χ4v) is 4.15. The molecule has 4 rings (SSSR count). The van der Waals surface area contributed by atoms with Crippen molar-refractivity contribution in [3.63, 3.8) is 0 Å². The highest BCUT2D eigenvalue weighted by Gasteiger charge is 2.46. The van der Waals surface area contributed by atoms with Crippen LogP contribution in [0.4, 0.5) is 0 Å². The second-order valence-electron chi connectivity index (χ2n) is 7.94. The number of rotatable bonds is 3. The van der Waals surface area contributed by atoms with Gasteiger partial charge in [0, 0.05) is 18.1 Å². The van der Waals surface area contributed by atoms with Crippen LogP contribution in [0.5, 0.6) is 28.7 Å². The highest BCUT2D eigenvalue weighted by atomic mass is 16.5. The second kappa shape index (κ2) is 8.28. The van der Waals surface area contributed by atoms with Crippen molar-refractivity contribution < 1.29 is 55.4 Å². The summed E-state index contributed by atoms with van der Waals surface area (Å²) in [5, 5.41) is 90.9. The van der Waals surface area contributed by atoms with Crippen LogP contribution < -0.4 is 4.74 Å². The Bertz CT molecular complexity index is 1010. The Morgan fingerprint density at radius 3 is 2.19 bits per heavy atom. The van der Waals surface area contributed by atoms with Crippen molar-refractivity contribution in [1.29, 1.82) is 0 Å². The van der Waals surface area contributed by atoms with Gasteiger partial charge in [0.1, 0.15) is 53.9 Å². The Morgan fingerprint density at radius 1 is 0.812 bits per heavy atom. The third-order valence-electron chi connectivity index (χ3n) is 5.90. The van der Waals surface area contributed by atoms with E-state index in [2.05, 4.69) is 0 Å². The number of aliphatic hydroxyl groups is 5. The molecule has 0 amide bonds. The molecule has 2 aliphatic heterocycles. The number of hydrogen-bond donors (Lipinski definition) is 9. The monoisotopic (exact) mass is 452 g/mol. The van der Waals surface area contributed by atoms with Crippen LogP contribution in [0.25, 0.3) is 0 Å². The molecule has 11 nitrogen and oxygen atoms in total. The number of benzene rings is 2. The van der Waals surface area contributed by atoms with Gasteiger partial charge < -0.3 is 55.4 Å². The number of aromatic hydroxyl groups is 4. The molecular formula is C21H24O11. The number of fused-ring (bicyclic) bond motifs is 1. The Hall–Kier alpha value is -2.80.